The summed E-state index contributed by atoms with van der Waals surface area (Å²) >= 11 is 0. The van der Waals surface area contributed by atoms with E-state index in [0.717, 1.165) is 12.8 Å². The van der Waals surface area contributed by atoms with Crippen molar-refractivity contribution in [1.82, 2.24) is 4.90 Å². The van der Waals surface area contributed by atoms with E-state index in [4.69, 9.17) is 4.74 Å². The first-order valence-electron chi connectivity index (χ1n) is 9.32. The molecule has 0 N–H and O–H groups in total. The first kappa shape index (κ1) is 20.0. The lowest BCUT2D eigenvalue weighted by Crippen LogP contribution is -2.38. The van der Waals surface area contributed by atoms with Gasteiger partial charge in [0, 0.05) is 13.6 Å². The molecule has 28 heavy (non-hydrogen) atoms. The fraction of sp³-hybridized carbons (Fsp3) is 0.364. The minimum atomic E-state index is -0.899. The van der Waals surface area contributed by atoms with Gasteiger partial charge in [-0.3, -0.25) is 9.59 Å². The summed E-state index contributed by atoms with van der Waals surface area (Å²) in [6.07, 6.45) is 2.84. The summed E-state index contributed by atoms with van der Waals surface area (Å²) in [5, 5.41) is 0. The number of nitrogens with zero attached hydrogens (tertiary/aromatic N) is 1. The van der Waals surface area contributed by atoms with E-state index >= 15 is 0 Å². The van der Waals surface area contributed by atoms with Crippen LogP contribution in [-0.4, -0.2) is 30.4 Å². The Morgan fingerprint density at radius 2 is 1.68 bits per heavy atom. The molecule has 3 rings (SSSR count). The highest BCUT2D eigenvalue weighted by Gasteiger charge is 2.44. The lowest BCUT2D eigenvalue weighted by molar-refractivity contribution is -0.156. The smallest absolute Gasteiger partial charge is 0.317 e. The molecule has 4 nitrogen and oxygen atoms in total. The average Bonchev–Trinajstić information content (AvgIpc) is 3.17. The highest BCUT2D eigenvalue weighted by Crippen LogP contribution is 2.42. The third-order valence-corrected chi connectivity index (χ3v) is 5.29. The van der Waals surface area contributed by atoms with Crippen molar-refractivity contribution in [1.29, 1.82) is 0 Å². The summed E-state index contributed by atoms with van der Waals surface area (Å²) < 4.78 is 32.3. The SMILES string of the molecule is CN(Cc1cccc(F)c1)C(=O)COC(=O)C1(c2cccc(F)c2)CCCC1. The molecule has 1 aliphatic carbocycles. The van der Waals surface area contributed by atoms with Crippen LogP contribution in [-0.2, 0) is 26.3 Å². The highest BCUT2D eigenvalue weighted by molar-refractivity contribution is 5.86. The zero-order valence-corrected chi connectivity index (χ0v) is 15.8. The number of ether oxygens (including phenoxy) is 1. The molecule has 6 heteroatoms. The molecule has 0 aromatic heterocycles. The minimum Gasteiger partial charge on any atom is -0.455 e. The third kappa shape index (κ3) is 4.38. The second-order valence-electron chi connectivity index (χ2n) is 7.26. The molecule has 0 atom stereocenters. The fourth-order valence-corrected chi connectivity index (χ4v) is 3.75. The van der Waals surface area contributed by atoms with Crippen molar-refractivity contribution in [2.75, 3.05) is 13.7 Å². The monoisotopic (exact) mass is 387 g/mol. The normalized spacial score (nSPS) is 15.2. The topological polar surface area (TPSA) is 46.6 Å². The van der Waals surface area contributed by atoms with Crippen molar-refractivity contribution in [2.45, 2.75) is 37.6 Å². The number of esters is 1. The molecule has 1 aliphatic rings. The number of hydrogen-bond donors (Lipinski definition) is 0. The van der Waals surface area contributed by atoms with Gasteiger partial charge in [-0.2, -0.15) is 0 Å². The minimum absolute atomic E-state index is 0.211. The van der Waals surface area contributed by atoms with Crippen molar-refractivity contribution in [3.05, 3.63) is 71.3 Å². The average molecular weight is 387 g/mol. The number of halogens is 2. The predicted octanol–water partition coefficient (Wildman–Crippen LogP) is 3.98. The van der Waals surface area contributed by atoms with Crippen LogP contribution >= 0.6 is 0 Å². The molecular weight excluding hydrogens is 364 g/mol. The molecule has 2 aromatic rings. The number of hydrogen-bond acceptors (Lipinski definition) is 3. The van der Waals surface area contributed by atoms with Crippen molar-refractivity contribution >= 4 is 11.9 Å². The summed E-state index contributed by atoms with van der Waals surface area (Å²) in [4.78, 5) is 26.6. The molecule has 0 saturated heterocycles. The molecule has 148 valence electrons. The molecular formula is C22H23F2NO3. The van der Waals surface area contributed by atoms with Crippen LogP contribution in [0.2, 0.25) is 0 Å². The molecule has 1 fully saturated rings. The number of rotatable bonds is 6. The van der Waals surface area contributed by atoms with Crippen LogP contribution in [0.5, 0.6) is 0 Å². The van der Waals surface area contributed by atoms with Gasteiger partial charge in [-0.25, -0.2) is 8.78 Å². The van der Waals surface area contributed by atoms with Crippen LogP contribution in [0.4, 0.5) is 8.78 Å². The van der Waals surface area contributed by atoms with Crippen molar-refractivity contribution < 1.29 is 23.1 Å². The maximum atomic E-state index is 13.7. The Balaban J connectivity index is 1.63. The lowest BCUT2D eigenvalue weighted by atomic mass is 9.79. The summed E-state index contributed by atoms with van der Waals surface area (Å²) in [6, 6.07) is 12.0. The number of likely N-dealkylation sites (N-methyl/N-ethyl adjacent to an activating group) is 1. The second kappa shape index (κ2) is 8.50. The summed E-state index contributed by atoms with van der Waals surface area (Å²) in [6.45, 7) is -0.190. The zero-order chi connectivity index (χ0) is 20.1. The Labute approximate surface area is 163 Å². The molecule has 0 heterocycles. The largest absolute Gasteiger partial charge is 0.455 e. The highest BCUT2D eigenvalue weighted by atomic mass is 19.1. The van der Waals surface area contributed by atoms with Crippen LogP contribution in [0.25, 0.3) is 0 Å². The third-order valence-electron chi connectivity index (χ3n) is 5.29. The van der Waals surface area contributed by atoms with E-state index in [0.29, 0.717) is 24.0 Å². The fourth-order valence-electron chi connectivity index (χ4n) is 3.75. The van der Waals surface area contributed by atoms with Crippen LogP contribution in [0.1, 0.15) is 36.8 Å². The Kier molecular flexibility index (Phi) is 6.07. The quantitative estimate of drug-likeness (QED) is 0.705. The van der Waals surface area contributed by atoms with Crippen LogP contribution < -0.4 is 0 Å². The maximum absolute atomic E-state index is 13.7. The van der Waals surface area contributed by atoms with E-state index < -0.39 is 23.8 Å². The van der Waals surface area contributed by atoms with E-state index in [-0.39, 0.29) is 18.3 Å². The molecule has 0 unspecified atom stereocenters. The zero-order valence-electron chi connectivity index (χ0n) is 15.8. The number of benzene rings is 2. The standard InChI is InChI=1S/C22H23F2NO3/c1-25(14-16-6-4-8-18(23)12-16)20(26)15-28-21(27)22(10-2-3-11-22)17-7-5-9-19(24)13-17/h4-9,12-13H,2-3,10-11,14-15H2,1H3. The van der Waals surface area contributed by atoms with Crippen molar-refractivity contribution in [3.63, 3.8) is 0 Å². The first-order chi connectivity index (χ1) is 13.4. The number of carbonyl (C=O) groups excluding carboxylic acids is 2. The van der Waals surface area contributed by atoms with E-state index in [2.05, 4.69) is 0 Å². The Bertz CT molecular complexity index is 862. The van der Waals surface area contributed by atoms with Crippen molar-refractivity contribution in [2.24, 2.45) is 0 Å². The first-order valence-corrected chi connectivity index (χ1v) is 9.32. The Morgan fingerprint density at radius 3 is 2.32 bits per heavy atom. The molecule has 0 spiro atoms. The van der Waals surface area contributed by atoms with Gasteiger partial charge in [0.2, 0.25) is 0 Å². The van der Waals surface area contributed by atoms with Crippen molar-refractivity contribution in [3.8, 4) is 0 Å². The summed E-state index contributed by atoms with van der Waals surface area (Å²) in [7, 11) is 1.57. The summed E-state index contributed by atoms with van der Waals surface area (Å²) in [5.41, 5.74) is 0.341. The maximum Gasteiger partial charge on any atom is 0.317 e. The van der Waals surface area contributed by atoms with E-state index in [1.807, 2.05) is 0 Å². The van der Waals surface area contributed by atoms with Gasteiger partial charge in [-0.15, -0.1) is 0 Å². The summed E-state index contributed by atoms with van der Waals surface area (Å²) in [5.74, 6) is -1.65. The van der Waals surface area contributed by atoms with Gasteiger partial charge in [0.05, 0.1) is 5.41 Å². The molecule has 1 amide bonds. The molecule has 0 radical (unpaired) electrons. The van der Waals surface area contributed by atoms with Gasteiger partial charge in [0.1, 0.15) is 11.6 Å². The van der Waals surface area contributed by atoms with E-state index in [9.17, 15) is 18.4 Å². The molecule has 0 aliphatic heterocycles. The van der Waals surface area contributed by atoms with E-state index in [1.54, 1.807) is 31.3 Å². The van der Waals surface area contributed by atoms with Crippen LogP contribution in [0.15, 0.2) is 48.5 Å². The van der Waals surface area contributed by atoms with Gasteiger partial charge >= 0.3 is 5.97 Å². The predicted molar refractivity (Wildman–Crippen MR) is 100 cm³/mol. The molecule has 2 aromatic carbocycles. The van der Waals surface area contributed by atoms with Gasteiger partial charge in [-0.05, 0) is 48.2 Å². The Morgan fingerprint density at radius 1 is 1.04 bits per heavy atom. The number of amides is 1. The Hall–Kier alpha value is -2.76. The molecule has 0 bridgehead atoms. The van der Waals surface area contributed by atoms with Crippen LogP contribution in [0, 0.1) is 11.6 Å². The lowest BCUT2D eigenvalue weighted by Gasteiger charge is -2.27. The van der Waals surface area contributed by atoms with Gasteiger partial charge in [-0.1, -0.05) is 37.1 Å². The van der Waals surface area contributed by atoms with E-state index in [1.165, 1.54) is 29.2 Å². The van der Waals surface area contributed by atoms with Gasteiger partial charge in [0.15, 0.2) is 6.61 Å². The number of carbonyl (C=O) groups is 2. The van der Waals surface area contributed by atoms with Crippen LogP contribution in [0.3, 0.4) is 0 Å². The second-order valence-corrected chi connectivity index (χ2v) is 7.26. The van der Waals surface area contributed by atoms with Gasteiger partial charge < -0.3 is 9.64 Å². The molecule has 1 saturated carbocycles. The van der Waals surface area contributed by atoms with Gasteiger partial charge in [0.25, 0.3) is 5.91 Å².